The number of carboxylic acids is 1. The summed E-state index contributed by atoms with van der Waals surface area (Å²) in [6, 6.07) is 10.0. The smallest absolute Gasteiger partial charge is 0.332 e. The standard InChI is InChI=1S/C18H23NO5/c20-17(15-6-7-16(24-15)18(21)22)19-10-8-14(9-11-19)23-12-13-4-2-1-3-5-13/h1-5,14-16H,6-12H2,(H,21,22)/t15-,16+/m0/s1. The van der Waals surface area contributed by atoms with E-state index in [1.54, 1.807) is 4.90 Å². The first-order chi connectivity index (χ1) is 11.6. The van der Waals surface area contributed by atoms with Gasteiger partial charge in [0.25, 0.3) is 5.91 Å². The van der Waals surface area contributed by atoms with Crippen LogP contribution in [0.3, 0.4) is 0 Å². The fraction of sp³-hybridized carbons (Fsp3) is 0.556. The van der Waals surface area contributed by atoms with Crippen LogP contribution in [0.2, 0.25) is 0 Å². The molecule has 2 aliphatic rings. The Morgan fingerprint density at radius 3 is 2.38 bits per heavy atom. The van der Waals surface area contributed by atoms with E-state index in [1.807, 2.05) is 30.3 Å². The van der Waals surface area contributed by atoms with Gasteiger partial charge in [0.05, 0.1) is 12.7 Å². The Bertz CT molecular complexity index is 568. The van der Waals surface area contributed by atoms with Gasteiger partial charge in [0, 0.05) is 13.1 Å². The Morgan fingerprint density at radius 1 is 1.08 bits per heavy atom. The highest BCUT2D eigenvalue weighted by Crippen LogP contribution is 2.24. The Morgan fingerprint density at radius 2 is 1.75 bits per heavy atom. The summed E-state index contributed by atoms with van der Waals surface area (Å²) in [5.74, 6) is -1.07. The number of benzene rings is 1. The van der Waals surface area contributed by atoms with Crippen LogP contribution in [0.15, 0.2) is 30.3 Å². The van der Waals surface area contributed by atoms with Crippen LogP contribution in [0, 0.1) is 0 Å². The van der Waals surface area contributed by atoms with Gasteiger partial charge in [0.1, 0.15) is 6.10 Å². The summed E-state index contributed by atoms with van der Waals surface area (Å²) in [6.07, 6.45) is 1.20. The average Bonchev–Trinajstić information content (AvgIpc) is 3.11. The predicted octanol–water partition coefficient (Wildman–Crippen LogP) is 1.83. The van der Waals surface area contributed by atoms with Gasteiger partial charge >= 0.3 is 5.97 Å². The van der Waals surface area contributed by atoms with E-state index in [2.05, 4.69) is 0 Å². The van der Waals surface area contributed by atoms with Gasteiger partial charge in [-0.05, 0) is 31.2 Å². The van der Waals surface area contributed by atoms with Gasteiger partial charge in [-0.1, -0.05) is 30.3 Å². The van der Waals surface area contributed by atoms with Crippen molar-refractivity contribution in [3.8, 4) is 0 Å². The molecular weight excluding hydrogens is 310 g/mol. The second kappa shape index (κ2) is 7.77. The van der Waals surface area contributed by atoms with Gasteiger partial charge < -0.3 is 19.5 Å². The summed E-state index contributed by atoms with van der Waals surface area (Å²) in [6.45, 7) is 1.86. The average molecular weight is 333 g/mol. The van der Waals surface area contributed by atoms with E-state index in [9.17, 15) is 9.59 Å². The number of ether oxygens (including phenoxy) is 2. The van der Waals surface area contributed by atoms with E-state index in [0.29, 0.717) is 32.5 Å². The first kappa shape index (κ1) is 16.9. The molecule has 0 aliphatic carbocycles. The molecule has 0 spiro atoms. The summed E-state index contributed by atoms with van der Waals surface area (Å²) in [5, 5.41) is 8.94. The zero-order chi connectivity index (χ0) is 16.9. The molecule has 6 heteroatoms. The Hall–Kier alpha value is -1.92. The molecule has 0 bridgehead atoms. The van der Waals surface area contributed by atoms with Crippen LogP contribution >= 0.6 is 0 Å². The molecule has 0 unspecified atom stereocenters. The number of amides is 1. The van der Waals surface area contributed by atoms with Gasteiger partial charge in [-0.2, -0.15) is 0 Å². The zero-order valence-electron chi connectivity index (χ0n) is 13.6. The lowest BCUT2D eigenvalue weighted by Gasteiger charge is -2.33. The van der Waals surface area contributed by atoms with E-state index in [-0.39, 0.29) is 12.0 Å². The lowest BCUT2D eigenvalue weighted by molar-refractivity contribution is -0.155. The molecule has 24 heavy (non-hydrogen) atoms. The molecule has 3 rings (SSSR count). The molecular formula is C18H23NO5. The molecule has 0 radical (unpaired) electrons. The number of carbonyl (C=O) groups excluding carboxylic acids is 1. The number of carboxylic acid groups (broad SMARTS) is 1. The van der Waals surface area contributed by atoms with Crippen LogP contribution < -0.4 is 0 Å². The van der Waals surface area contributed by atoms with E-state index >= 15 is 0 Å². The van der Waals surface area contributed by atoms with Gasteiger partial charge in [0.2, 0.25) is 0 Å². The molecule has 6 nitrogen and oxygen atoms in total. The SMILES string of the molecule is O=C(O)[C@H]1CC[C@@H](C(=O)N2CCC(OCc3ccccc3)CC2)O1. The molecule has 1 N–H and O–H groups in total. The highest BCUT2D eigenvalue weighted by molar-refractivity contribution is 5.82. The minimum Gasteiger partial charge on any atom is -0.479 e. The van der Waals surface area contributed by atoms with Crippen LogP contribution in [-0.2, 0) is 25.7 Å². The number of rotatable bonds is 5. The van der Waals surface area contributed by atoms with Crippen LogP contribution in [-0.4, -0.2) is 53.3 Å². The number of carbonyl (C=O) groups is 2. The number of piperidine rings is 1. The maximum atomic E-state index is 12.4. The molecule has 1 amide bonds. The first-order valence-electron chi connectivity index (χ1n) is 8.46. The molecule has 1 aromatic carbocycles. The largest absolute Gasteiger partial charge is 0.479 e. The van der Waals surface area contributed by atoms with Gasteiger partial charge in [-0.3, -0.25) is 4.79 Å². The van der Waals surface area contributed by atoms with E-state index in [4.69, 9.17) is 14.6 Å². The third-order valence-corrected chi connectivity index (χ3v) is 4.65. The van der Waals surface area contributed by atoms with Crippen LogP contribution in [0.1, 0.15) is 31.2 Å². The summed E-state index contributed by atoms with van der Waals surface area (Å²) >= 11 is 0. The molecule has 2 heterocycles. The zero-order valence-corrected chi connectivity index (χ0v) is 13.6. The predicted molar refractivity (Wildman–Crippen MR) is 86.4 cm³/mol. The third-order valence-electron chi connectivity index (χ3n) is 4.65. The van der Waals surface area contributed by atoms with Crippen molar-refractivity contribution in [2.45, 2.75) is 50.6 Å². The van der Waals surface area contributed by atoms with Crippen molar-refractivity contribution in [3.63, 3.8) is 0 Å². The van der Waals surface area contributed by atoms with Crippen molar-refractivity contribution in [1.82, 2.24) is 4.90 Å². The lowest BCUT2D eigenvalue weighted by Crippen LogP contribution is -2.45. The topological polar surface area (TPSA) is 76.1 Å². The van der Waals surface area contributed by atoms with Crippen molar-refractivity contribution < 1.29 is 24.2 Å². The molecule has 0 aromatic heterocycles. The van der Waals surface area contributed by atoms with Crippen LogP contribution in [0.5, 0.6) is 0 Å². The number of hydrogen-bond acceptors (Lipinski definition) is 4. The number of aliphatic carboxylic acids is 1. The van der Waals surface area contributed by atoms with E-state index < -0.39 is 18.2 Å². The minimum absolute atomic E-state index is 0.0831. The van der Waals surface area contributed by atoms with E-state index in [0.717, 1.165) is 18.4 Å². The van der Waals surface area contributed by atoms with Gasteiger partial charge in [0.15, 0.2) is 6.10 Å². The monoisotopic (exact) mass is 333 g/mol. The van der Waals surface area contributed by atoms with Crippen LogP contribution in [0.4, 0.5) is 0 Å². The lowest BCUT2D eigenvalue weighted by atomic mass is 10.1. The van der Waals surface area contributed by atoms with Gasteiger partial charge in [-0.15, -0.1) is 0 Å². The summed E-state index contributed by atoms with van der Waals surface area (Å²) < 4.78 is 11.3. The van der Waals surface area contributed by atoms with Gasteiger partial charge in [-0.25, -0.2) is 4.79 Å². The maximum absolute atomic E-state index is 12.4. The number of likely N-dealkylation sites (tertiary alicyclic amines) is 1. The quantitative estimate of drug-likeness (QED) is 0.889. The highest BCUT2D eigenvalue weighted by atomic mass is 16.5. The van der Waals surface area contributed by atoms with Crippen molar-refractivity contribution in [3.05, 3.63) is 35.9 Å². The van der Waals surface area contributed by atoms with E-state index in [1.165, 1.54) is 0 Å². The molecule has 0 saturated carbocycles. The molecule has 2 atom stereocenters. The Balaban J connectivity index is 1.42. The summed E-state index contributed by atoms with van der Waals surface area (Å²) in [4.78, 5) is 25.1. The van der Waals surface area contributed by atoms with Crippen molar-refractivity contribution in [2.24, 2.45) is 0 Å². The molecule has 2 aliphatic heterocycles. The normalized spacial score (nSPS) is 24.9. The maximum Gasteiger partial charge on any atom is 0.332 e. The van der Waals surface area contributed by atoms with Crippen molar-refractivity contribution in [1.29, 1.82) is 0 Å². The number of nitrogens with zero attached hydrogens (tertiary/aromatic N) is 1. The Labute approximate surface area is 141 Å². The molecule has 1 aromatic rings. The highest BCUT2D eigenvalue weighted by Gasteiger charge is 2.37. The molecule has 2 fully saturated rings. The first-order valence-corrected chi connectivity index (χ1v) is 8.46. The minimum atomic E-state index is -0.988. The number of hydrogen-bond donors (Lipinski definition) is 1. The van der Waals surface area contributed by atoms with Crippen molar-refractivity contribution >= 4 is 11.9 Å². The fourth-order valence-corrected chi connectivity index (χ4v) is 3.24. The second-order valence-electron chi connectivity index (χ2n) is 6.35. The molecule has 130 valence electrons. The Kier molecular flexibility index (Phi) is 5.48. The summed E-state index contributed by atoms with van der Waals surface area (Å²) in [5.41, 5.74) is 1.15. The molecule has 2 saturated heterocycles. The third kappa shape index (κ3) is 4.13. The van der Waals surface area contributed by atoms with Crippen LogP contribution in [0.25, 0.3) is 0 Å². The fourth-order valence-electron chi connectivity index (χ4n) is 3.24. The second-order valence-corrected chi connectivity index (χ2v) is 6.35. The van der Waals surface area contributed by atoms with Crippen molar-refractivity contribution in [2.75, 3.05) is 13.1 Å². The summed E-state index contributed by atoms with van der Waals surface area (Å²) in [7, 11) is 0.